The second-order valence-corrected chi connectivity index (χ2v) is 10.6. The summed E-state index contributed by atoms with van der Waals surface area (Å²) in [5.41, 5.74) is 1.14. The van der Waals surface area contributed by atoms with Crippen molar-refractivity contribution in [2.75, 3.05) is 39.4 Å². The van der Waals surface area contributed by atoms with Gasteiger partial charge in [-0.3, -0.25) is 14.6 Å². The topological polar surface area (TPSA) is 81.2 Å². The van der Waals surface area contributed by atoms with Crippen LogP contribution < -0.4 is 0 Å². The third kappa shape index (κ3) is 5.10. The summed E-state index contributed by atoms with van der Waals surface area (Å²) in [6.07, 6.45) is 1.33. The van der Waals surface area contributed by atoms with Crippen LogP contribution >= 0.6 is 0 Å². The zero-order chi connectivity index (χ0) is 22.8. The van der Waals surface area contributed by atoms with Gasteiger partial charge in [0.2, 0.25) is 15.9 Å². The lowest BCUT2D eigenvalue weighted by Crippen LogP contribution is -2.59. The molecular formula is C22H34N4O4S. The van der Waals surface area contributed by atoms with Crippen LogP contribution in [0.2, 0.25) is 0 Å². The van der Waals surface area contributed by atoms with Gasteiger partial charge in [-0.05, 0) is 43.9 Å². The lowest BCUT2D eigenvalue weighted by atomic mass is 9.99. The third-order valence-corrected chi connectivity index (χ3v) is 8.25. The molecule has 0 aromatic heterocycles. The van der Waals surface area contributed by atoms with Gasteiger partial charge in [0.1, 0.15) is 0 Å². The van der Waals surface area contributed by atoms with Gasteiger partial charge >= 0.3 is 6.03 Å². The first-order valence-corrected chi connectivity index (χ1v) is 12.5. The zero-order valence-corrected chi connectivity index (χ0v) is 19.8. The maximum Gasteiger partial charge on any atom is 0.328 e. The van der Waals surface area contributed by atoms with Crippen LogP contribution in [0.3, 0.4) is 0 Å². The van der Waals surface area contributed by atoms with Crippen molar-refractivity contribution in [1.82, 2.24) is 19.0 Å². The number of hydrogen-bond acceptors (Lipinski definition) is 5. The molecule has 0 bridgehead atoms. The molecule has 31 heavy (non-hydrogen) atoms. The minimum absolute atomic E-state index is 0.0387. The Morgan fingerprint density at radius 3 is 2.10 bits per heavy atom. The highest BCUT2D eigenvalue weighted by molar-refractivity contribution is 7.89. The van der Waals surface area contributed by atoms with Crippen LogP contribution in [0.15, 0.2) is 29.2 Å². The zero-order valence-electron chi connectivity index (χ0n) is 19.0. The molecule has 2 aliphatic rings. The van der Waals surface area contributed by atoms with Gasteiger partial charge in [-0.1, -0.05) is 26.0 Å². The summed E-state index contributed by atoms with van der Waals surface area (Å²) in [7, 11) is -3.56. The van der Waals surface area contributed by atoms with Crippen LogP contribution in [-0.4, -0.2) is 84.8 Å². The molecule has 9 heteroatoms. The fraction of sp³-hybridized carbons (Fsp3) is 0.636. The van der Waals surface area contributed by atoms with Crippen molar-refractivity contribution < 1.29 is 18.0 Å². The summed E-state index contributed by atoms with van der Waals surface area (Å²) in [6, 6.07) is 6.94. The number of imide groups is 1. The summed E-state index contributed by atoms with van der Waals surface area (Å²) >= 11 is 0. The number of hydrogen-bond donors (Lipinski definition) is 0. The van der Waals surface area contributed by atoms with Crippen molar-refractivity contribution in [3.05, 3.63) is 29.8 Å². The normalized spacial score (nSPS) is 20.5. The predicted octanol–water partition coefficient (Wildman–Crippen LogP) is 2.53. The fourth-order valence-corrected chi connectivity index (χ4v) is 5.41. The second kappa shape index (κ2) is 9.67. The van der Waals surface area contributed by atoms with Crippen molar-refractivity contribution >= 4 is 22.0 Å². The van der Waals surface area contributed by atoms with Gasteiger partial charge < -0.3 is 4.90 Å². The molecule has 1 aromatic rings. The van der Waals surface area contributed by atoms with E-state index in [9.17, 15) is 18.0 Å². The molecule has 2 aliphatic heterocycles. The van der Waals surface area contributed by atoms with Crippen molar-refractivity contribution in [1.29, 1.82) is 0 Å². The third-order valence-electron chi connectivity index (χ3n) is 6.34. The summed E-state index contributed by atoms with van der Waals surface area (Å²) in [5, 5.41) is 0. The molecule has 2 fully saturated rings. The molecule has 0 aliphatic carbocycles. The largest absolute Gasteiger partial charge is 0.328 e. The van der Waals surface area contributed by atoms with Crippen molar-refractivity contribution in [3.8, 4) is 0 Å². The number of sulfonamides is 1. The Balaban J connectivity index is 1.61. The number of piperazine rings is 1. The summed E-state index contributed by atoms with van der Waals surface area (Å²) < 4.78 is 27.6. The van der Waals surface area contributed by atoms with Crippen LogP contribution in [0, 0.1) is 0 Å². The molecule has 0 saturated carbocycles. The summed E-state index contributed by atoms with van der Waals surface area (Å²) in [5.74, 6) is 0.227. The molecule has 8 nitrogen and oxygen atoms in total. The highest BCUT2D eigenvalue weighted by Gasteiger charge is 2.36. The molecule has 1 atom stereocenters. The average molecular weight is 451 g/mol. The molecular weight excluding hydrogens is 416 g/mol. The number of carbonyl (C=O) groups is 2. The molecule has 0 N–H and O–H groups in total. The Morgan fingerprint density at radius 1 is 0.935 bits per heavy atom. The molecule has 0 radical (unpaired) electrons. The van der Waals surface area contributed by atoms with E-state index < -0.39 is 10.0 Å². The van der Waals surface area contributed by atoms with Gasteiger partial charge in [0, 0.05) is 45.2 Å². The van der Waals surface area contributed by atoms with E-state index in [2.05, 4.69) is 13.8 Å². The van der Waals surface area contributed by atoms with Crippen molar-refractivity contribution in [2.24, 2.45) is 0 Å². The molecule has 2 saturated heterocycles. The minimum atomic E-state index is -3.56. The van der Waals surface area contributed by atoms with E-state index in [1.165, 1.54) is 9.21 Å². The van der Waals surface area contributed by atoms with E-state index in [4.69, 9.17) is 0 Å². The highest BCUT2D eigenvalue weighted by Crippen LogP contribution is 2.23. The molecule has 0 spiro atoms. The number of rotatable bonds is 7. The van der Waals surface area contributed by atoms with Crippen LogP contribution in [0.1, 0.15) is 52.0 Å². The Bertz CT molecular complexity index is 893. The molecule has 2 heterocycles. The van der Waals surface area contributed by atoms with Crippen LogP contribution in [0.4, 0.5) is 4.79 Å². The smallest absolute Gasteiger partial charge is 0.321 e. The monoisotopic (exact) mass is 450 g/mol. The van der Waals surface area contributed by atoms with Crippen LogP contribution in [0.25, 0.3) is 0 Å². The lowest BCUT2D eigenvalue weighted by molar-refractivity contribution is -0.133. The molecule has 3 rings (SSSR count). The van der Waals surface area contributed by atoms with Gasteiger partial charge in [0.15, 0.2) is 0 Å². The minimum Gasteiger partial charge on any atom is -0.321 e. The standard InChI is InChI=1S/C22H34N4O4S/c1-5-18(4)19-6-8-20(9-7-19)31(29,30)24-14-12-23(13-15-24)16-26-21(27)10-11-25(17(2)3)22(26)28/h6-9,17-18H,5,10-16H2,1-4H3. The number of benzene rings is 1. The number of carbonyl (C=O) groups excluding carboxylic acids is 2. The Labute approximate surface area is 185 Å². The first-order valence-electron chi connectivity index (χ1n) is 11.1. The predicted molar refractivity (Wildman–Crippen MR) is 119 cm³/mol. The quantitative estimate of drug-likeness (QED) is 0.638. The highest BCUT2D eigenvalue weighted by atomic mass is 32.2. The first kappa shape index (κ1) is 23.7. The SMILES string of the molecule is CCC(C)c1ccc(S(=O)(=O)N2CCN(CN3C(=O)CCN(C(C)C)C3=O)CC2)cc1. The van der Waals surface area contributed by atoms with E-state index >= 15 is 0 Å². The number of urea groups is 1. The summed E-state index contributed by atoms with van der Waals surface area (Å²) in [6.45, 7) is 10.4. The fourth-order valence-electron chi connectivity index (χ4n) is 3.99. The van der Waals surface area contributed by atoms with E-state index in [0.717, 1.165) is 12.0 Å². The second-order valence-electron chi connectivity index (χ2n) is 8.68. The Morgan fingerprint density at radius 2 is 1.55 bits per heavy atom. The molecule has 1 unspecified atom stereocenters. The maximum absolute atomic E-state index is 13.0. The van der Waals surface area contributed by atoms with Crippen LogP contribution in [0.5, 0.6) is 0 Å². The lowest BCUT2D eigenvalue weighted by Gasteiger charge is -2.40. The Kier molecular flexibility index (Phi) is 7.39. The van der Waals surface area contributed by atoms with Gasteiger partial charge in [-0.2, -0.15) is 4.31 Å². The molecule has 3 amide bonds. The van der Waals surface area contributed by atoms with Gasteiger partial charge in [-0.15, -0.1) is 0 Å². The summed E-state index contributed by atoms with van der Waals surface area (Å²) in [4.78, 5) is 30.2. The molecule has 1 aromatic carbocycles. The first-order chi connectivity index (χ1) is 14.6. The van der Waals surface area contributed by atoms with Crippen molar-refractivity contribution in [3.63, 3.8) is 0 Å². The van der Waals surface area contributed by atoms with E-state index in [1.54, 1.807) is 17.0 Å². The number of nitrogens with zero attached hydrogens (tertiary/aromatic N) is 4. The Hall–Kier alpha value is -1.97. The van der Waals surface area contributed by atoms with Gasteiger partial charge in [0.25, 0.3) is 0 Å². The number of amides is 3. The van der Waals surface area contributed by atoms with E-state index in [-0.39, 0.29) is 24.6 Å². The average Bonchev–Trinajstić information content (AvgIpc) is 2.76. The van der Waals surface area contributed by atoms with Crippen molar-refractivity contribution in [2.45, 2.75) is 57.4 Å². The van der Waals surface area contributed by atoms with E-state index in [0.29, 0.717) is 50.0 Å². The van der Waals surface area contributed by atoms with Gasteiger partial charge in [-0.25, -0.2) is 13.2 Å². The van der Waals surface area contributed by atoms with Gasteiger partial charge in [0.05, 0.1) is 11.6 Å². The van der Waals surface area contributed by atoms with Crippen LogP contribution in [-0.2, 0) is 14.8 Å². The van der Waals surface area contributed by atoms with E-state index in [1.807, 2.05) is 30.9 Å². The molecule has 172 valence electrons. The maximum atomic E-state index is 13.0.